The molecule has 0 heterocycles. The second-order valence-electron chi connectivity index (χ2n) is 7.58. The van der Waals surface area contributed by atoms with Crippen LogP contribution in [0.4, 0.5) is 9.18 Å². The van der Waals surface area contributed by atoms with E-state index in [1.807, 2.05) is 24.3 Å². The monoisotopic (exact) mass is 419 g/mol. The van der Waals surface area contributed by atoms with Crippen molar-refractivity contribution in [1.29, 1.82) is 0 Å². The number of rotatable bonds is 6. The highest BCUT2D eigenvalue weighted by Crippen LogP contribution is 2.23. The van der Waals surface area contributed by atoms with Crippen LogP contribution in [0.25, 0.3) is 10.8 Å². The maximum atomic E-state index is 12.3. The lowest BCUT2D eigenvalue weighted by molar-refractivity contribution is -0.147. The molecule has 9 heteroatoms. The van der Waals surface area contributed by atoms with Crippen molar-refractivity contribution in [2.45, 2.75) is 39.3 Å². The Morgan fingerprint density at radius 3 is 2.47 bits per heavy atom. The molecule has 8 nitrogen and oxygen atoms in total. The second kappa shape index (κ2) is 10.0. The quantitative estimate of drug-likeness (QED) is 0.183. The lowest BCUT2D eigenvalue weighted by Crippen LogP contribution is -2.44. The Hall–Kier alpha value is -3.20. The maximum absolute atomic E-state index is 12.3. The summed E-state index contributed by atoms with van der Waals surface area (Å²) in [4.78, 5) is 26.6. The third-order valence-electron chi connectivity index (χ3n) is 3.83. The average Bonchev–Trinajstić information content (AvgIpc) is 2.64. The van der Waals surface area contributed by atoms with Crippen molar-refractivity contribution >= 4 is 28.7 Å². The number of hydrogen-bond donors (Lipinski definition) is 2. The molecule has 0 atom stereocenters. The molecule has 2 aromatic carbocycles. The smallest absolute Gasteiger partial charge is 0.433 e. The Morgan fingerprint density at radius 1 is 1.17 bits per heavy atom. The number of nitrogens with two attached hydrogens (primary N) is 1. The van der Waals surface area contributed by atoms with Gasteiger partial charge in [-0.15, -0.1) is 4.99 Å². The lowest BCUT2D eigenvalue weighted by Gasteiger charge is -2.24. The first kappa shape index (κ1) is 23.1. The number of halogens is 1. The standard InChI is InChI=1S/C21H26FN3O5/c1-21(2,3)30-19(26)18(24-20(27)28)25(23)13-14-5-6-16-12-17(29-10-4-9-22)8-7-15(16)11-14/h5-8,11-12H,4,9-10,13,23H2,1-3H3,(H,27,28)/b24-18+. The Morgan fingerprint density at radius 2 is 1.83 bits per heavy atom. The molecule has 0 radical (unpaired) electrons. The van der Waals surface area contributed by atoms with Crippen molar-refractivity contribution in [2.75, 3.05) is 13.3 Å². The van der Waals surface area contributed by atoms with E-state index in [1.165, 1.54) is 0 Å². The number of aliphatic imine (C=N–C) groups is 1. The number of fused-ring (bicyclic) bond motifs is 1. The van der Waals surface area contributed by atoms with Crippen molar-refractivity contribution in [3.05, 3.63) is 42.0 Å². The normalized spacial score (nSPS) is 12.0. The van der Waals surface area contributed by atoms with Gasteiger partial charge in [-0.2, -0.15) is 0 Å². The van der Waals surface area contributed by atoms with Crippen LogP contribution in [0.1, 0.15) is 32.8 Å². The SMILES string of the molecule is CC(C)(C)OC(=O)/C(=N\C(=O)O)N(N)Cc1ccc2cc(OCCCF)ccc2c1. The van der Waals surface area contributed by atoms with E-state index in [9.17, 15) is 14.0 Å². The van der Waals surface area contributed by atoms with E-state index < -0.39 is 30.2 Å². The van der Waals surface area contributed by atoms with Crippen LogP contribution in [-0.2, 0) is 16.1 Å². The molecule has 0 fully saturated rings. The first-order valence-corrected chi connectivity index (χ1v) is 9.38. The fraction of sp³-hybridized carbons (Fsp3) is 0.381. The van der Waals surface area contributed by atoms with E-state index in [4.69, 9.17) is 20.4 Å². The van der Waals surface area contributed by atoms with E-state index in [2.05, 4.69) is 4.99 Å². The van der Waals surface area contributed by atoms with Gasteiger partial charge in [0.15, 0.2) is 0 Å². The Balaban J connectivity index is 2.18. The number of nitrogens with zero attached hydrogens (tertiary/aromatic N) is 2. The number of benzene rings is 2. The van der Waals surface area contributed by atoms with E-state index in [1.54, 1.807) is 32.9 Å². The molecule has 0 aliphatic carbocycles. The molecule has 0 aromatic heterocycles. The largest absolute Gasteiger partial charge is 0.493 e. The van der Waals surface area contributed by atoms with Crippen LogP contribution in [0.2, 0.25) is 0 Å². The zero-order chi connectivity index (χ0) is 22.3. The molecule has 0 saturated carbocycles. The highest BCUT2D eigenvalue weighted by atomic mass is 19.1. The number of amidine groups is 1. The number of amides is 1. The minimum Gasteiger partial charge on any atom is -0.493 e. The van der Waals surface area contributed by atoms with Crippen molar-refractivity contribution < 1.29 is 28.6 Å². The summed E-state index contributed by atoms with van der Waals surface area (Å²) in [7, 11) is 0. The van der Waals surface area contributed by atoms with Crippen LogP contribution in [0.15, 0.2) is 41.4 Å². The average molecular weight is 419 g/mol. The van der Waals surface area contributed by atoms with Crippen molar-refractivity contribution in [3.63, 3.8) is 0 Å². The van der Waals surface area contributed by atoms with Crippen molar-refractivity contribution in [3.8, 4) is 5.75 Å². The van der Waals surface area contributed by atoms with Gasteiger partial charge in [0.1, 0.15) is 11.4 Å². The summed E-state index contributed by atoms with van der Waals surface area (Å²) in [6.45, 7) is 4.88. The molecule has 0 aliphatic heterocycles. The maximum Gasteiger partial charge on any atom is 0.433 e. The number of carboxylic acid groups (broad SMARTS) is 1. The minimum atomic E-state index is -1.55. The van der Waals surface area contributed by atoms with Gasteiger partial charge in [-0.05, 0) is 55.3 Å². The number of carbonyl (C=O) groups excluding carboxylic acids is 1. The molecule has 0 unspecified atom stereocenters. The predicted molar refractivity (Wildman–Crippen MR) is 111 cm³/mol. The van der Waals surface area contributed by atoms with Gasteiger partial charge < -0.3 is 14.6 Å². The zero-order valence-corrected chi connectivity index (χ0v) is 17.2. The first-order chi connectivity index (χ1) is 14.1. The van der Waals surface area contributed by atoms with E-state index in [0.29, 0.717) is 18.8 Å². The summed E-state index contributed by atoms with van der Waals surface area (Å²) in [5.41, 5.74) is -0.0952. The number of hydrazine groups is 1. The number of esters is 1. The molecule has 162 valence electrons. The third-order valence-corrected chi connectivity index (χ3v) is 3.83. The van der Waals surface area contributed by atoms with Crippen LogP contribution in [-0.4, -0.2) is 46.9 Å². The van der Waals surface area contributed by atoms with Crippen LogP contribution < -0.4 is 10.6 Å². The summed E-state index contributed by atoms with van der Waals surface area (Å²) in [6.07, 6.45) is -1.22. The van der Waals surface area contributed by atoms with Crippen LogP contribution in [0, 0.1) is 0 Å². The molecule has 2 rings (SSSR count). The van der Waals surface area contributed by atoms with E-state index in [-0.39, 0.29) is 6.54 Å². The van der Waals surface area contributed by atoms with Gasteiger partial charge in [-0.25, -0.2) is 15.4 Å². The van der Waals surface area contributed by atoms with Gasteiger partial charge in [0.2, 0.25) is 5.84 Å². The van der Waals surface area contributed by atoms with E-state index in [0.717, 1.165) is 21.3 Å². The Labute approximate surface area is 174 Å². The summed E-state index contributed by atoms with van der Waals surface area (Å²) in [5.74, 6) is 5.15. The van der Waals surface area contributed by atoms with Gasteiger partial charge in [0.05, 0.1) is 19.8 Å². The fourth-order valence-corrected chi connectivity index (χ4v) is 2.62. The molecule has 0 bridgehead atoms. The molecular formula is C21H26FN3O5. The highest BCUT2D eigenvalue weighted by molar-refractivity contribution is 6.36. The summed E-state index contributed by atoms with van der Waals surface area (Å²) in [5, 5.41) is 11.7. The number of hydrogen-bond acceptors (Lipinski definition) is 5. The lowest BCUT2D eigenvalue weighted by atomic mass is 10.1. The van der Waals surface area contributed by atoms with Gasteiger partial charge in [-0.3, -0.25) is 9.40 Å². The number of alkyl halides is 1. The number of ether oxygens (including phenoxy) is 2. The van der Waals surface area contributed by atoms with Gasteiger partial charge >= 0.3 is 12.1 Å². The highest BCUT2D eigenvalue weighted by Gasteiger charge is 2.25. The molecular weight excluding hydrogens is 393 g/mol. The molecule has 0 aliphatic rings. The minimum absolute atomic E-state index is 0.0377. The molecule has 2 aromatic rings. The topological polar surface area (TPSA) is 114 Å². The van der Waals surface area contributed by atoms with Crippen LogP contribution in [0.5, 0.6) is 5.75 Å². The van der Waals surface area contributed by atoms with Gasteiger partial charge in [0, 0.05) is 6.42 Å². The van der Waals surface area contributed by atoms with Gasteiger partial charge in [0.25, 0.3) is 0 Å². The third kappa shape index (κ3) is 7.00. The Bertz CT molecular complexity index is 940. The number of carbonyl (C=O) groups is 2. The molecule has 30 heavy (non-hydrogen) atoms. The van der Waals surface area contributed by atoms with Crippen molar-refractivity contribution in [2.24, 2.45) is 10.8 Å². The van der Waals surface area contributed by atoms with Crippen molar-refractivity contribution in [1.82, 2.24) is 5.01 Å². The summed E-state index contributed by atoms with van der Waals surface area (Å²) < 4.78 is 22.9. The molecule has 3 N–H and O–H groups in total. The first-order valence-electron chi connectivity index (χ1n) is 9.38. The summed E-state index contributed by atoms with van der Waals surface area (Å²) >= 11 is 0. The Kier molecular flexibility index (Phi) is 7.71. The molecule has 0 saturated heterocycles. The molecule has 1 amide bonds. The van der Waals surface area contributed by atoms with Gasteiger partial charge in [-0.1, -0.05) is 18.2 Å². The van der Waals surface area contributed by atoms with Crippen LogP contribution >= 0.6 is 0 Å². The van der Waals surface area contributed by atoms with E-state index >= 15 is 0 Å². The zero-order valence-electron chi connectivity index (χ0n) is 17.2. The predicted octanol–water partition coefficient (Wildman–Crippen LogP) is 3.67. The van der Waals surface area contributed by atoms with Crippen LogP contribution in [0.3, 0.4) is 0 Å². The molecule has 0 spiro atoms. The fourth-order valence-electron chi connectivity index (χ4n) is 2.62. The second-order valence-corrected chi connectivity index (χ2v) is 7.58. The summed E-state index contributed by atoms with van der Waals surface area (Å²) in [6, 6.07) is 11.0.